The van der Waals surface area contributed by atoms with E-state index < -0.39 is 0 Å². The number of carbonyl (C=O) groups excluding carboxylic acids is 1. The minimum Gasteiger partial charge on any atom is -0.398 e. The summed E-state index contributed by atoms with van der Waals surface area (Å²) in [6.45, 7) is 6.34. The van der Waals surface area contributed by atoms with Crippen LogP contribution in [-0.2, 0) is 0 Å². The largest absolute Gasteiger partial charge is 0.398 e. The third kappa shape index (κ3) is 3.70. The van der Waals surface area contributed by atoms with Gasteiger partial charge in [0.2, 0.25) is 0 Å². The lowest BCUT2D eigenvalue weighted by Gasteiger charge is -2.30. The van der Waals surface area contributed by atoms with E-state index in [-0.39, 0.29) is 18.6 Å². The van der Waals surface area contributed by atoms with Gasteiger partial charge in [0.25, 0.3) is 5.91 Å². The van der Waals surface area contributed by atoms with Crippen molar-refractivity contribution in [1.29, 1.82) is 0 Å². The van der Waals surface area contributed by atoms with Gasteiger partial charge in [0.15, 0.2) is 0 Å². The fraction of sp³-hybridized carbons (Fsp3) is 0.533. The van der Waals surface area contributed by atoms with Crippen LogP contribution >= 0.6 is 0 Å². The first-order chi connectivity index (χ1) is 9.04. The predicted octanol–water partition coefficient (Wildman–Crippen LogP) is 2.20. The molecular weight excluding hydrogens is 240 g/mol. The van der Waals surface area contributed by atoms with Crippen molar-refractivity contribution in [2.75, 3.05) is 18.9 Å². The highest BCUT2D eigenvalue weighted by Crippen LogP contribution is 2.19. The average Bonchev–Trinajstić information content (AvgIpc) is 2.41. The number of carbonyl (C=O) groups is 1. The fourth-order valence-electron chi connectivity index (χ4n) is 2.30. The smallest absolute Gasteiger partial charge is 0.256 e. The molecule has 1 aromatic carbocycles. The zero-order chi connectivity index (χ0) is 14.4. The Labute approximate surface area is 115 Å². The molecule has 4 heteroatoms. The maximum absolute atomic E-state index is 12.6. The van der Waals surface area contributed by atoms with Gasteiger partial charge in [-0.1, -0.05) is 25.5 Å². The molecule has 0 saturated carbocycles. The van der Waals surface area contributed by atoms with Crippen molar-refractivity contribution in [3.63, 3.8) is 0 Å². The van der Waals surface area contributed by atoms with Gasteiger partial charge >= 0.3 is 0 Å². The number of hydrogen-bond donors (Lipinski definition) is 2. The van der Waals surface area contributed by atoms with Gasteiger partial charge in [0.1, 0.15) is 0 Å². The van der Waals surface area contributed by atoms with Crippen molar-refractivity contribution in [3.05, 3.63) is 29.3 Å². The van der Waals surface area contributed by atoms with E-state index in [1.165, 1.54) is 0 Å². The molecule has 0 atom stereocenters. The van der Waals surface area contributed by atoms with Gasteiger partial charge in [0.05, 0.1) is 12.2 Å². The number of rotatable bonds is 6. The highest BCUT2D eigenvalue weighted by Gasteiger charge is 2.23. The SMILES string of the molecule is CCC(CC)N(CCO)C(=O)c1cc(C)ccc1N. The Morgan fingerprint density at radius 3 is 2.53 bits per heavy atom. The molecule has 106 valence electrons. The number of anilines is 1. The topological polar surface area (TPSA) is 66.6 Å². The van der Waals surface area contributed by atoms with E-state index in [0.717, 1.165) is 18.4 Å². The Morgan fingerprint density at radius 1 is 1.37 bits per heavy atom. The second-order valence-electron chi connectivity index (χ2n) is 4.78. The van der Waals surface area contributed by atoms with Gasteiger partial charge in [-0.15, -0.1) is 0 Å². The first kappa shape index (κ1) is 15.5. The second kappa shape index (κ2) is 7.14. The minimum atomic E-state index is -0.0936. The molecule has 0 saturated heterocycles. The molecule has 1 amide bonds. The Hall–Kier alpha value is -1.55. The summed E-state index contributed by atoms with van der Waals surface area (Å²) in [5.41, 5.74) is 7.92. The van der Waals surface area contributed by atoms with Crippen LogP contribution in [-0.4, -0.2) is 35.1 Å². The van der Waals surface area contributed by atoms with E-state index in [0.29, 0.717) is 17.8 Å². The van der Waals surface area contributed by atoms with E-state index >= 15 is 0 Å². The molecular formula is C15H24N2O2. The summed E-state index contributed by atoms with van der Waals surface area (Å²) in [7, 11) is 0. The van der Waals surface area contributed by atoms with Gasteiger partial charge in [0, 0.05) is 18.3 Å². The van der Waals surface area contributed by atoms with Crippen molar-refractivity contribution in [3.8, 4) is 0 Å². The fourth-order valence-corrected chi connectivity index (χ4v) is 2.30. The van der Waals surface area contributed by atoms with Crippen molar-refractivity contribution in [2.24, 2.45) is 0 Å². The zero-order valence-corrected chi connectivity index (χ0v) is 12.0. The minimum absolute atomic E-state index is 0.0338. The van der Waals surface area contributed by atoms with E-state index in [2.05, 4.69) is 0 Å². The molecule has 0 spiro atoms. The van der Waals surface area contributed by atoms with Crippen molar-refractivity contribution >= 4 is 11.6 Å². The number of nitrogen functional groups attached to an aromatic ring is 1. The van der Waals surface area contributed by atoms with Crippen LogP contribution in [0.3, 0.4) is 0 Å². The van der Waals surface area contributed by atoms with Crippen LogP contribution in [0.2, 0.25) is 0 Å². The summed E-state index contributed by atoms with van der Waals surface area (Å²) < 4.78 is 0. The molecule has 3 N–H and O–H groups in total. The summed E-state index contributed by atoms with van der Waals surface area (Å²) >= 11 is 0. The molecule has 0 radical (unpaired) electrons. The van der Waals surface area contributed by atoms with Crippen LogP contribution in [0.15, 0.2) is 18.2 Å². The van der Waals surface area contributed by atoms with Crippen LogP contribution in [0.4, 0.5) is 5.69 Å². The number of amides is 1. The summed E-state index contributed by atoms with van der Waals surface area (Å²) in [6.07, 6.45) is 1.74. The monoisotopic (exact) mass is 264 g/mol. The standard InChI is InChI=1S/C15H24N2O2/c1-4-12(5-2)17(8-9-18)15(19)13-10-11(3)6-7-14(13)16/h6-7,10,12,18H,4-5,8-9,16H2,1-3H3. The van der Waals surface area contributed by atoms with Crippen LogP contribution in [0.25, 0.3) is 0 Å². The molecule has 0 fully saturated rings. The zero-order valence-electron chi connectivity index (χ0n) is 12.0. The Kier molecular flexibility index (Phi) is 5.83. The van der Waals surface area contributed by atoms with Gasteiger partial charge in [-0.3, -0.25) is 4.79 Å². The highest BCUT2D eigenvalue weighted by molar-refractivity contribution is 5.99. The summed E-state index contributed by atoms with van der Waals surface area (Å²) in [6, 6.07) is 5.59. The molecule has 0 bridgehead atoms. The number of aryl methyl sites for hydroxylation is 1. The Balaban J connectivity index is 3.08. The molecule has 0 aliphatic rings. The van der Waals surface area contributed by atoms with Gasteiger partial charge < -0.3 is 15.7 Å². The Morgan fingerprint density at radius 2 is 2.00 bits per heavy atom. The number of nitrogens with zero attached hydrogens (tertiary/aromatic N) is 1. The van der Waals surface area contributed by atoms with Crippen molar-refractivity contribution < 1.29 is 9.90 Å². The van der Waals surface area contributed by atoms with Crippen LogP contribution < -0.4 is 5.73 Å². The first-order valence-electron chi connectivity index (χ1n) is 6.83. The van der Waals surface area contributed by atoms with Gasteiger partial charge in [-0.05, 0) is 31.9 Å². The molecule has 0 aliphatic heterocycles. The lowest BCUT2D eigenvalue weighted by Crippen LogP contribution is -2.41. The normalized spacial score (nSPS) is 10.8. The molecule has 0 heterocycles. The second-order valence-corrected chi connectivity index (χ2v) is 4.78. The quantitative estimate of drug-likeness (QED) is 0.774. The number of hydrogen-bond acceptors (Lipinski definition) is 3. The van der Waals surface area contributed by atoms with Crippen LogP contribution in [0.1, 0.15) is 42.6 Å². The van der Waals surface area contributed by atoms with E-state index in [9.17, 15) is 9.90 Å². The summed E-state index contributed by atoms with van der Waals surface area (Å²) in [5, 5.41) is 9.17. The molecule has 19 heavy (non-hydrogen) atoms. The van der Waals surface area contributed by atoms with E-state index in [4.69, 9.17) is 5.73 Å². The van der Waals surface area contributed by atoms with E-state index in [1.807, 2.05) is 32.9 Å². The molecule has 4 nitrogen and oxygen atoms in total. The molecule has 1 aromatic rings. The number of aliphatic hydroxyl groups excluding tert-OH is 1. The molecule has 0 aromatic heterocycles. The van der Waals surface area contributed by atoms with E-state index in [1.54, 1.807) is 11.0 Å². The lowest BCUT2D eigenvalue weighted by molar-refractivity contribution is 0.0623. The average molecular weight is 264 g/mol. The third-order valence-electron chi connectivity index (χ3n) is 3.42. The number of benzene rings is 1. The molecule has 1 rings (SSSR count). The van der Waals surface area contributed by atoms with Gasteiger partial charge in [-0.2, -0.15) is 0 Å². The maximum atomic E-state index is 12.6. The summed E-state index contributed by atoms with van der Waals surface area (Å²) in [4.78, 5) is 14.3. The summed E-state index contributed by atoms with van der Waals surface area (Å²) in [5.74, 6) is -0.0936. The first-order valence-corrected chi connectivity index (χ1v) is 6.83. The number of nitrogens with two attached hydrogens (primary N) is 1. The van der Waals surface area contributed by atoms with Crippen LogP contribution in [0, 0.1) is 6.92 Å². The van der Waals surface area contributed by atoms with Crippen molar-refractivity contribution in [1.82, 2.24) is 4.90 Å². The third-order valence-corrected chi connectivity index (χ3v) is 3.42. The predicted molar refractivity (Wildman–Crippen MR) is 78.1 cm³/mol. The highest BCUT2D eigenvalue weighted by atomic mass is 16.3. The molecule has 0 unspecified atom stereocenters. The maximum Gasteiger partial charge on any atom is 0.256 e. The van der Waals surface area contributed by atoms with Crippen molar-refractivity contribution in [2.45, 2.75) is 39.7 Å². The Bertz CT molecular complexity index is 428. The van der Waals surface area contributed by atoms with Crippen LogP contribution in [0.5, 0.6) is 0 Å². The van der Waals surface area contributed by atoms with Gasteiger partial charge in [-0.25, -0.2) is 0 Å². The lowest BCUT2D eigenvalue weighted by atomic mass is 10.1. The molecule has 0 aliphatic carbocycles. The number of aliphatic hydroxyl groups is 1.